The predicted molar refractivity (Wildman–Crippen MR) is 127 cm³/mol. The number of aromatic nitrogens is 2. The summed E-state index contributed by atoms with van der Waals surface area (Å²) in [6.45, 7) is 1.92. The van der Waals surface area contributed by atoms with Crippen LogP contribution in [-0.4, -0.2) is 22.6 Å². The van der Waals surface area contributed by atoms with E-state index in [1.165, 1.54) is 34.4 Å². The highest BCUT2D eigenvalue weighted by Gasteiger charge is 2.07. The minimum Gasteiger partial charge on any atom is -0.352 e. The number of halogens is 1. The van der Waals surface area contributed by atoms with Crippen LogP contribution < -0.4 is 10.6 Å². The molecular weight excluding hydrogens is 401 g/mol. The van der Waals surface area contributed by atoms with Crippen LogP contribution in [0.25, 0.3) is 11.1 Å². The Morgan fingerprint density at radius 1 is 0.938 bits per heavy atom. The van der Waals surface area contributed by atoms with Crippen LogP contribution >= 0.6 is 0 Å². The maximum atomic E-state index is 13.4. The van der Waals surface area contributed by atoms with E-state index in [0.717, 1.165) is 12.1 Å². The lowest BCUT2D eigenvalue weighted by atomic mass is 9.98. The van der Waals surface area contributed by atoms with Gasteiger partial charge in [-0.05, 0) is 39.9 Å². The van der Waals surface area contributed by atoms with Crippen LogP contribution in [0.4, 0.5) is 4.39 Å². The molecule has 0 spiro atoms. The second kappa shape index (κ2) is 10.4. The van der Waals surface area contributed by atoms with Crippen molar-refractivity contribution in [2.75, 3.05) is 7.05 Å². The van der Waals surface area contributed by atoms with E-state index in [4.69, 9.17) is 0 Å². The fourth-order valence-electron chi connectivity index (χ4n) is 3.57. The molecule has 32 heavy (non-hydrogen) atoms. The van der Waals surface area contributed by atoms with Crippen molar-refractivity contribution in [2.24, 2.45) is 4.99 Å². The van der Waals surface area contributed by atoms with Crippen molar-refractivity contribution in [3.63, 3.8) is 0 Å². The largest absolute Gasteiger partial charge is 0.352 e. The number of imidazole rings is 1. The first-order valence-corrected chi connectivity index (χ1v) is 10.5. The quantitative estimate of drug-likeness (QED) is 0.335. The number of nitrogens with zero attached hydrogens (tertiary/aromatic N) is 3. The maximum absolute atomic E-state index is 13.4. The third kappa shape index (κ3) is 5.60. The Kier molecular flexibility index (Phi) is 6.92. The topological polar surface area (TPSA) is 54.2 Å². The number of benzene rings is 3. The molecule has 0 aliphatic heterocycles. The molecule has 4 rings (SSSR count). The predicted octanol–water partition coefficient (Wildman–Crippen LogP) is 4.60. The minimum absolute atomic E-state index is 0.239. The number of guanidine groups is 1. The summed E-state index contributed by atoms with van der Waals surface area (Å²) in [5.74, 6) is 0.428. The first kappa shape index (κ1) is 21.3. The molecule has 162 valence electrons. The lowest BCUT2D eigenvalue weighted by molar-refractivity contribution is 0.624. The SMILES string of the molecule is CN=C(NCc1cccc(F)c1)NCc1ccccc1-c1ccc(Cn2ccnc2)cc1. The van der Waals surface area contributed by atoms with Gasteiger partial charge in [-0.1, -0.05) is 60.7 Å². The van der Waals surface area contributed by atoms with E-state index in [9.17, 15) is 4.39 Å². The molecule has 0 bridgehead atoms. The number of aliphatic imine (C=N–C) groups is 1. The third-order valence-electron chi connectivity index (χ3n) is 5.23. The van der Waals surface area contributed by atoms with Crippen molar-refractivity contribution >= 4 is 5.96 Å². The molecule has 0 unspecified atom stereocenters. The number of rotatable bonds is 7. The summed E-state index contributed by atoms with van der Waals surface area (Å²) in [7, 11) is 1.73. The summed E-state index contributed by atoms with van der Waals surface area (Å²) in [6, 6.07) is 23.5. The van der Waals surface area contributed by atoms with Gasteiger partial charge in [0, 0.05) is 39.1 Å². The minimum atomic E-state index is -0.239. The van der Waals surface area contributed by atoms with Crippen LogP contribution in [0.5, 0.6) is 0 Å². The van der Waals surface area contributed by atoms with E-state index in [1.54, 1.807) is 19.3 Å². The van der Waals surface area contributed by atoms with Crippen LogP contribution in [0.3, 0.4) is 0 Å². The van der Waals surface area contributed by atoms with Gasteiger partial charge in [-0.15, -0.1) is 0 Å². The highest BCUT2D eigenvalue weighted by atomic mass is 19.1. The highest BCUT2D eigenvalue weighted by molar-refractivity contribution is 5.80. The van der Waals surface area contributed by atoms with E-state index < -0.39 is 0 Å². The first-order valence-electron chi connectivity index (χ1n) is 10.5. The van der Waals surface area contributed by atoms with Crippen LogP contribution in [-0.2, 0) is 19.6 Å². The van der Waals surface area contributed by atoms with Gasteiger partial charge < -0.3 is 15.2 Å². The molecule has 3 aromatic carbocycles. The Labute approximate surface area is 187 Å². The summed E-state index contributed by atoms with van der Waals surface area (Å²) in [5, 5.41) is 6.59. The van der Waals surface area contributed by atoms with Crippen molar-refractivity contribution in [1.29, 1.82) is 0 Å². The maximum Gasteiger partial charge on any atom is 0.191 e. The van der Waals surface area contributed by atoms with Crippen molar-refractivity contribution in [3.05, 3.63) is 114 Å². The zero-order chi connectivity index (χ0) is 22.2. The van der Waals surface area contributed by atoms with Gasteiger partial charge in [0.25, 0.3) is 0 Å². The standard InChI is InChI=1S/C26H26FN5/c1-28-26(30-16-21-5-4-7-24(27)15-21)31-17-23-6-2-3-8-25(23)22-11-9-20(10-12-22)18-32-14-13-29-19-32/h2-15,19H,16-18H2,1H3,(H2,28,30,31). The van der Waals surface area contributed by atoms with E-state index >= 15 is 0 Å². The lowest BCUT2D eigenvalue weighted by Crippen LogP contribution is -2.36. The fourth-order valence-corrected chi connectivity index (χ4v) is 3.57. The van der Waals surface area contributed by atoms with Gasteiger partial charge in [-0.3, -0.25) is 4.99 Å². The summed E-state index contributed by atoms with van der Waals surface area (Å²) >= 11 is 0. The zero-order valence-corrected chi connectivity index (χ0v) is 18.0. The van der Waals surface area contributed by atoms with Crippen LogP contribution in [0.2, 0.25) is 0 Å². The number of hydrogen-bond acceptors (Lipinski definition) is 2. The van der Waals surface area contributed by atoms with Crippen LogP contribution in [0, 0.1) is 5.82 Å². The molecule has 0 saturated heterocycles. The Hall–Kier alpha value is -3.93. The molecule has 0 saturated carbocycles. The first-order chi connectivity index (χ1) is 15.7. The normalized spacial score (nSPS) is 11.4. The number of hydrogen-bond donors (Lipinski definition) is 2. The summed E-state index contributed by atoms with van der Waals surface area (Å²) in [6.07, 6.45) is 5.58. The van der Waals surface area contributed by atoms with Gasteiger partial charge in [0.05, 0.1) is 6.33 Å². The fraction of sp³-hybridized carbons (Fsp3) is 0.154. The van der Waals surface area contributed by atoms with Gasteiger partial charge in [0.1, 0.15) is 5.82 Å². The van der Waals surface area contributed by atoms with Gasteiger partial charge >= 0.3 is 0 Å². The van der Waals surface area contributed by atoms with Crippen LogP contribution in [0.15, 0.2) is 96.5 Å². The average Bonchev–Trinajstić information content (AvgIpc) is 3.33. The molecule has 0 aliphatic carbocycles. The van der Waals surface area contributed by atoms with Gasteiger partial charge in [-0.2, -0.15) is 0 Å². The van der Waals surface area contributed by atoms with Gasteiger partial charge in [0.2, 0.25) is 0 Å². The second-order valence-electron chi connectivity index (χ2n) is 7.50. The molecular formula is C26H26FN5. The summed E-state index contributed by atoms with van der Waals surface area (Å²) < 4.78 is 15.4. The summed E-state index contributed by atoms with van der Waals surface area (Å²) in [5.41, 5.74) is 5.60. The second-order valence-corrected chi connectivity index (χ2v) is 7.50. The van der Waals surface area contributed by atoms with E-state index in [2.05, 4.69) is 67.6 Å². The Bertz CT molecular complexity index is 1170. The lowest BCUT2D eigenvalue weighted by Gasteiger charge is -2.15. The van der Waals surface area contributed by atoms with Crippen molar-refractivity contribution < 1.29 is 4.39 Å². The average molecular weight is 428 g/mol. The van der Waals surface area contributed by atoms with Crippen molar-refractivity contribution in [2.45, 2.75) is 19.6 Å². The molecule has 5 nitrogen and oxygen atoms in total. The Balaban J connectivity index is 1.40. The van der Waals surface area contributed by atoms with Gasteiger partial charge in [0.15, 0.2) is 5.96 Å². The van der Waals surface area contributed by atoms with Crippen molar-refractivity contribution in [1.82, 2.24) is 20.2 Å². The molecule has 1 aromatic heterocycles. The molecule has 2 N–H and O–H groups in total. The molecule has 0 atom stereocenters. The van der Waals surface area contributed by atoms with Crippen molar-refractivity contribution in [3.8, 4) is 11.1 Å². The zero-order valence-electron chi connectivity index (χ0n) is 18.0. The molecule has 0 radical (unpaired) electrons. The molecule has 0 amide bonds. The Morgan fingerprint density at radius 2 is 1.75 bits per heavy atom. The Morgan fingerprint density at radius 3 is 2.50 bits per heavy atom. The third-order valence-corrected chi connectivity index (χ3v) is 5.23. The summed E-state index contributed by atoms with van der Waals surface area (Å²) in [4.78, 5) is 8.38. The molecule has 0 aliphatic rings. The van der Waals surface area contributed by atoms with Gasteiger partial charge in [-0.25, -0.2) is 9.37 Å². The van der Waals surface area contributed by atoms with E-state index in [-0.39, 0.29) is 5.82 Å². The monoisotopic (exact) mass is 427 g/mol. The molecule has 1 heterocycles. The number of nitrogens with one attached hydrogen (secondary N) is 2. The molecule has 0 fully saturated rings. The highest BCUT2D eigenvalue weighted by Crippen LogP contribution is 2.24. The van der Waals surface area contributed by atoms with Crippen LogP contribution in [0.1, 0.15) is 16.7 Å². The molecule has 6 heteroatoms. The molecule has 4 aromatic rings. The smallest absolute Gasteiger partial charge is 0.191 e. The van der Waals surface area contributed by atoms with E-state index in [1.807, 2.05) is 24.7 Å². The van der Waals surface area contributed by atoms with E-state index in [0.29, 0.717) is 19.0 Å².